The van der Waals surface area contributed by atoms with Gasteiger partial charge in [-0.05, 0) is 49.2 Å². The zero-order chi connectivity index (χ0) is 23.6. The van der Waals surface area contributed by atoms with Gasteiger partial charge in [-0.1, -0.05) is 43.8 Å². The third kappa shape index (κ3) is 5.14. The van der Waals surface area contributed by atoms with Crippen molar-refractivity contribution < 1.29 is 9.32 Å². The Labute approximate surface area is 196 Å². The molecule has 4 rings (SSSR count). The summed E-state index contributed by atoms with van der Waals surface area (Å²) in [5, 5.41) is 16.2. The van der Waals surface area contributed by atoms with Gasteiger partial charge in [0.05, 0.1) is 17.1 Å². The normalized spacial score (nSPS) is 11.5. The van der Waals surface area contributed by atoms with E-state index in [1.165, 1.54) is 17.3 Å². The van der Waals surface area contributed by atoms with Crippen LogP contribution in [-0.4, -0.2) is 36.6 Å². The van der Waals surface area contributed by atoms with Crippen molar-refractivity contribution in [3.8, 4) is 17.1 Å². The SMILES string of the molecule is Cc1ccc(-n2c(SCC(=O)Nc3cc(C(C)(C)C)no3)nnc2-c2ccncc2)cc1C. The van der Waals surface area contributed by atoms with Crippen LogP contribution >= 0.6 is 11.8 Å². The fourth-order valence-electron chi connectivity index (χ4n) is 3.14. The van der Waals surface area contributed by atoms with Gasteiger partial charge in [-0.2, -0.15) is 0 Å². The second-order valence-electron chi connectivity index (χ2n) is 8.81. The molecule has 0 aliphatic rings. The molecule has 170 valence electrons. The summed E-state index contributed by atoms with van der Waals surface area (Å²) in [5.41, 5.74) is 4.81. The predicted octanol–water partition coefficient (Wildman–Crippen LogP) is 4.96. The number of aryl methyl sites for hydroxylation is 2. The molecule has 0 spiro atoms. The maximum atomic E-state index is 12.6. The molecule has 4 aromatic rings. The van der Waals surface area contributed by atoms with E-state index in [9.17, 15) is 4.79 Å². The maximum Gasteiger partial charge on any atom is 0.237 e. The van der Waals surface area contributed by atoms with Gasteiger partial charge in [0, 0.05) is 29.4 Å². The Bertz CT molecular complexity index is 1270. The Morgan fingerprint density at radius 2 is 1.82 bits per heavy atom. The Balaban J connectivity index is 1.57. The lowest BCUT2D eigenvalue weighted by Gasteiger charge is -2.12. The first-order valence-electron chi connectivity index (χ1n) is 10.6. The number of nitrogens with zero attached hydrogens (tertiary/aromatic N) is 5. The molecule has 1 amide bonds. The van der Waals surface area contributed by atoms with E-state index >= 15 is 0 Å². The molecule has 3 aromatic heterocycles. The number of rotatable bonds is 6. The minimum absolute atomic E-state index is 0.144. The molecule has 0 saturated carbocycles. The van der Waals surface area contributed by atoms with E-state index in [1.54, 1.807) is 18.5 Å². The summed E-state index contributed by atoms with van der Waals surface area (Å²) in [4.78, 5) is 16.7. The largest absolute Gasteiger partial charge is 0.338 e. The molecule has 0 saturated heterocycles. The fraction of sp³-hybridized carbons (Fsp3) is 0.292. The molecule has 1 aromatic carbocycles. The van der Waals surface area contributed by atoms with Gasteiger partial charge in [-0.3, -0.25) is 19.7 Å². The fourth-order valence-corrected chi connectivity index (χ4v) is 3.89. The van der Waals surface area contributed by atoms with Crippen molar-refractivity contribution in [2.45, 2.75) is 45.2 Å². The number of aromatic nitrogens is 5. The van der Waals surface area contributed by atoms with Crippen molar-refractivity contribution in [3.05, 3.63) is 65.6 Å². The highest BCUT2D eigenvalue weighted by atomic mass is 32.2. The average Bonchev–Trinajstić information content (AvgIpc) is 3.42. The van der Waals surface area contributed by atoms with Gasteiger partial charge in [0.25, 0.3) is 0 Å². The molecule has 0 bridgehead atoms. The van der Waals surface area contributed by atoms with Crippen molar-refractivity contribution >= 4 is 23.6 Å². The second-order valence-corrected chi connectivity index (χ2v) is 9.75. The van der Waals surface area contributed by atoms with E-state index in [-0.39, 0.29) is 17.1 Å². The van der Waals surface area contributed by atoms with Crippen molar-refractivity contribution in [1.29, 1.82) is 0 Å². The van der Waals surface area contributed by atoms with Gasteiger partial charge in [-0.25, -0.2) is 0 Å². The van der Waals surface area contributed by atoms with E-state index in [4.69, 9.17) is 4.52 Å². The van der Waals surface area contributed by atoms with Crippen LogP contribution in [-0.2, 0) is 10.2 Å². The summed E-state index contributed by atoms with van der Waals surface area (Å²) in [6, 6.07) is 11.7. The number of hydrogen-bond acceptors (Lipinski definition) is 7. The minimum Gasteiger partial charge on any atom is -0.338 e. The number of anilines is 1. The third-order valence-electron chi connectivity index (χ3n) is 5.19. The standard InChI is InChI=1S/C24H26N6O2S/c1-15-6-7-18(12-16(15)2)30-22(17-8-10-25-11-9-17)27-28-23(30)33-14-20(31)26-21-13-19(29-32-21)24(3,4)5/h6-13H,14H2,1-5H3,(H,26,31). The van der Waals surface area contributed by atoms with E-state index in [1.807, 2.05) is 43.5 Å². The molecule has 33 heavy (non-hydrogen) atoms. The van der Waals surface area contributed by atoms with Crippen LogP contribution in [0.25, 0.3) is 17.1 Å². The minimum atomic E-state index is -0.211. The average molecular weight is 463 g/mol. The van der Waals surface area contributed by atoms with Gasteiger partial charge in [-0.15, -0.1) is 10.2 Å². The Morgan fingerprint density at radius 1 is 1.06 bits per heavy atom. The lowest BCUT2D eigenvalue weighted by Crippen LogP contribution is -2.14. The van der Waals surface area contributed by atoms with E-state index in [0.717, 1.165) is 22.5 Å². The van der Waals surface area contributed by atoms with Crippen LogP contribution in [0.5, 0.6) is 0 Å². The Kier molecular flexibility index (Phi) is 6.33. The summed E-state index contributed by atoms with van der Waals surface area (Å²) in [5.74, 6) is 0.953. The van der Waals surface area contributed by atoms with Crippen LogP contribution < -0.4 is 5.32 Å². The summed E-state index contributed by atoms with van der Waals surface area (Å²) in [7, 11) is 0. The molecule has 0 atom stereocenters. The van der Waals surface area contributed by atoms with E-state index < -0.39 is 0 Å². The zero-order valence-electron chi connectivity index (χ0n) is 19.3. The number of amides is 1. The highest BCUT2D eigenvalue weighted by Gasteiger charge is 2.21. The van der Waals surface area contributed by atoms with Crippen LogP contribution in [0.4, 0.5) is 5.88 Å². The van der Waals surface area contributed by atoms with E-state index in [2.05, 4.69) is 51.6 Å². The number of thioether (sulfide) groups is 1. The quantitative estimate of drug-likeness (QED) is 0.404. The van der Waals surface area contributed by atoms with Crippen LogP contribution in [0.2, 0.25) is 0 Å². The van der Waals surface area contributed by atoms with Crippen LogP contribution in [0.3, 0.4) is 0 Å². The molecular formula is C24H26N6O2S. The lowest BCUT2D eigenvalue weighted by atomic mass is 9.92. The Hall–Kier alpha value is -3.46. The van der Waals surface area contributed by atoms with Crippen molar-refractivity contribution in [2.24, 2.45) is 0 Å². The summed E-state index contributed by atoms with van der Waals surface area (Å²) < 4.78 is 7.23. The van der Waals surface area contributed by atoms with Crippen LogP contribution in [0, 0.1) is 13.8 Å². The van der Waals surface area contributed by atoms with Crippen molar-refractivity contribution in [2.75, 3.05) is 11.1 Å². The molecule has 0 aliphatic carbocycles. The monoisotopic (exact) mass is 462 g/mol. The van der Waals surface area contributed by atoms with Gasteiger partial charge in [0.15, 0.2) is 11.0 Å². The first-order valence-corrected chi connectivity index (χ1v) is 11.5. The first-order chi connectivity index (χ1) is 15.7. The second kappa shape index (κ2) is 9.19. The number of carbonyl (C=O) groups excluding carboxylic acids is 1. The van der Waals surface area contributed by atoms with Gasteiger partial charge >= 0.3 is 0 Å². The van der Waals surface area contributed by atoms with Crippen LogP contribution in [0.15, 0.2) is 58.5 Å². The predicted molar refractivity (Wildman–Crippen MR) is 129 cm³/mol. The molecule has 0 aliphatic heterocycles. The molecule has 1 N–H and O–H groups in total. The number of nitrogens with one attached hydrogen (secondary N) is 1. The topological polar surface area (TPSA) is 98.7 Å². The number of pyridine rings is 1. The van der Waals surface area contributed by atoms with Gasteiger partial charge < -0.3 is 4.52 Å². The molecule has 3 heterocycles. The Morgan fingerprint density at radius 3 is 2.48 bits per heavy atom. The summed E-state index contributed by atoms with van der Waals surface area (Å²) in [6.45, 7) is 10.2. The van der Waals surface area contributed by atoms with E-state index in [0.29, 0.717) is 16.9 Å². The first kappa shape index (κ1) is 22.7. The van der Waals surface area contributed by atoms with Crippen molar-refractivity contribution in [1.82, 2.24) is 24.9 Å². The smallest absolute Gasteiger partial charge is 0.237 e. The molecule has 8 nitrogen and oxygen atoms in total. The number of carbonyl (C=O) groups is 1. The molecular weight excluding hydrogens is 436 g/mol. The molecule has 0 radical (unpaired) electrons. The highest BCUT2D eigenvalue weighted by molar-refractivity contribution is 7.99. The van der Waals surface area contributed by atoms with Gasteiger partial charge in [0.2, 0.25) is 11.8 Å². The lowest BCUT2D eigenvalue weighted by molar-refractivity contribution is -0.113. The molecule has 9 heteroatoms. The van der Waals surface area contributed by atoms with Crippen LogP contribution in [0.1, 0.15) is 37.6 Å². The van der Waals surface area contributed by atoms with Gasteiger partial charge in [0.1, 0.15) is 0 Å². The maximum absolute atomic E-state index is 12.6. The van der Waals surface area contributed by atoms with Crippen molar-refractivity contribution in [3.63, 3.8) is 0 Å². The molecule has 0 fully saturated rings. The summed E-state index contributed by atoms with van der Waals surface area (Å²) in [6.07, 6.45) is 3.44. The molecule has 0 unspecified atom stereocenters. The number of benzene rings is 1. The highest BCUT2D eigenvalue weighted by Crippen LogP contribution is 2.29. The summed E-state index contributed by atoms with van der Waals surface area (Å²) >= 11 is 1.31. The number of hydrogen-bond donors (Lipinski definition) is 1. The zero-order valence-corrected chi connectivity index (χ0v) is 20.1. The third-order valence-corrected chi connectivity index (χ3v) is 6.12.